The summed E-state index contributed by atoms with van der Waals surface area (Å²) in [6.45, 7) is 6.16. The summed E-state index contributed by atoms with van der Waals surface area (Å²) >= 11 is 0. The molecule has 2 aliphatic heterocycles. The van der Waals surface area contributed by atoms with Crippen LogP contribution in [0.1, 0.15) is 27.9 Å². The lowest BCUT2D eigenvalue weighted by Crippen LogP contribution is -2.56. The Balaban J connectivity index is 1.44. The van der Waals surface area contributed by atoms with E-state index < -0.39 is 0 Å². The van der Waals surface area contributed by atoms with Gasteiger partial charge in [-0.1, -0.05) is 30.3 Å². The molecule has 3 heterocycles. The summed E-state index contributed by atoms with van der Waals surface area (Å²) in [5.74, 6) is 0.195. The molecular weight excluding hydrogens is 352 g/mol. The van der Waals surface area contributed by atoms with Crippen LogP contribution in [0.3, 0.4) is 0 Å². The number of carbonyl (C=O) groups is 2. The summed E-state index contributed by atoms with van der Waals surface area (Å²) in [6.07, 6.45) is 4.02. The fourth-order valence-electron chi connectivity index (χ4n) is 4.12. The van der Waals surface area contributed by atoms with Crippen molar-refractivity contribution in [3.8, 4) is 0 Å². The second-order valence-electron chi connectivity index (χ2n) is 7.57. The number of fused-ring (bicyclic) bond motifs is 1. The van der Waals surface area contributed by atoms with Gasteiger partial charge in [0.25, 0.3) is 5.91 Å². The molecule has 4 rings (SSSR count). The van der Waals surface area contributed by atoms with Gasteiger partial charge in [-0.15, -0.1) is 0 Å². The predicted octanol–water partition coefficient (Wildman–Crippen LogP) is 1.95. The van der Waals surface area contributed by atoms with Crippen molar-refractivity contribution in [3.63, 3.8) is 0 Å². The summed E-state index contributed by atoms with van der Waals surface area (Å²) in [5, 5.41) is 0. The maximum absolute atomic E-state index is 13.1. The van der Waals surface area contributed by atoms with Crippen molar-refractivity contribution in [1.82, 2.24) is 19.7 Å². The van der Waals surface area contributed by atoms with Crippen molar-refractivity contribution in [2.75, 3.05) is 32.7 Å². The van der Waals surface area contributed by atoms with Gasteiger partial charge in [-0.3, -0.25) is 19.5 Å². The number of amides is 2. The molecule has 28 heavy (non-hydrogen) atoms. The Hall–Kier alpha value is -2.73. The third-order valence-corrected chi connectivity index (χ3v) is 5.80. The van der Waals surface area contributed by atoms with E-state index in [1.165, 1.54) is 0 Å². The number of benzene rings is 1. The minimum Gasteiger partial charge on any atom is -0.337 e. The summed E-state index contributed by atoms with van der Waals surface area (Å²) in [4.78, 5) is 36.2. The fraction of sp³-hybridized carbons (Fsp3) is 0.409. The lowest BCUT2D eigenvalue weighted by atomic mass is 10.1. The van der Waals surface area contributed by atoms with Crippen molar-refractivity contribution in [2.45, 2.75) is 25.9 Å². The Bertz CT molecular complexity index is 855. The van der Waals surface area contributed by atoms with Gasteiger partial charge in [-0.25, -0.2) is 0 Å². The maximum atomic E-state index is 13.1. The van der Waals surface area contributed by atoms with Crippen LogP contribution < -0.4 is 0 Å². The molecule has 0 aliphatic carbocycles. The molecule has 0 radical (unpaired) electrons. The molecule has 2 aliphatic rings. The van der Waals surface area contributed by atoms with E-state index in [4.69, 9.17) is 0 Å². The number of rotatable bonds is 3. The van der Waals surface area contributed by atoms with Crippen LogP contribution in [0.15, 0.2) is 48.8 Å². The molecule has 6 heteroatoms. The first-order valence-electron chi connectivity index (χ1n) is 9.90. The molecule has 0 saturated carbocycles. The van der Waals surface area contributed by atoms with E-state index in [1.807, 2.05) is 41.0 Å². The standard InChI is InChI=1S/C22H26N4O2/c1-17-7-9-23-15-19(17)21(27)25-10-8-20-22(28)26(14-12-24(20)11-13-25)16-18-5-3-2-4-6-18/h2-7,9,15,20H,8,10-14,16H2,1H3. The number of carbonyl (C=O) groups excluding carboxylic acids is 2. The summed E-state index contributed by atoms with van der Waals surface area (Å²) in [5.41, 5.74) is 2.74. The topological polar surface area (TPSA) is 56.8 Å². The van der Waals surface area contributed by atoms with E-state index >= 15 is 0 Å². The van der Waals surface area contributed by atoms with Crippen LogP contribution in [0.4, 0.5) is 0 Å². The average Bonchev–Trinajstić information content (AvgIpc) is 2.94. The van der Waals surface area contributed by atoms with Crippen LogP contribution in [0, 0.1) is 6.92 Å². The van der Waals surface area contributed by atoms with Gasteiger partial charge in [-0.05, 0) is 30.5 Å². The normalized spacial score (nSPS) is 20.6. The number of hydrogen-bond acceptors (Lipinski definition) is 4. The smallest absolute Gasteiger partial charge is 0.255 e. The van der Waals surface area contributed by atoms with Crippen molar-refractivity contribution in [3.05, 3.63) is 65.5 Å². The van der Waals surface area contributed by atoms with Crippen LogP contribution in [-0.2, 0) is 11.3 Å². The summed E-state index contributed by atoms with van der Waals surface area (Å²) < 4.78 is 0. The third-order valence-electron chi connectivity index (χ3n) is 5.80. The Labute approximate surface area is 165 Å². The number of aryl methyl sites for hydroxylation is 1. The maximum Gasteiger partial charge on any atom is 0.255 e. The van der Waals surface area contributed by atoms with Crippen LogP contribution >= 0.6 is 0 Å². The van der Waals surface area contributed by atoms with E-state index in [2.05, 4.69) is 22.0 Å². The number of hydrogen-bond donors (Lipinski definition) is 0. The molecule has 1 aromatic carbocycles. The molecule has 1 atom stereocenters. The first-order chi connectivity index (χ1) is 13.6. The van der Waals surface area contributed by atoms with Gasteiger partial charge in [-0.2, -0.15) is 0 Å². The average molecular weight is 378 g/mol. The highest BCUT2D eigenvalue weighted by Crippen LogP contribution is 2.21. The van der Waals surface area contributed by atoms with E-state index in [0.29, 0.717) is 31.6 Å². The Morgan fingerprint density at radius 3 is 2.64 bits per heavy atom. The zero-order chi connectivity index (χ0) is 19.5. The van der Waals surface area contributed by atoms with Gasteiger partial charge >= 0.3 is 0 Å². The molecule has 1 unspecified atom stereocenters. The predicted molar refractivity (Wildman–Crippen MR) is 107 cm³/mol. The Kier molecular flexibility index (Phi) is 5.39. The third kappa shape index (κ3) is 3.78. The molecule has 2 amide bonds. The van der Waals surface area contributed by atoms with Crippen molar-refractivity contribution in [2.24, 2.45) is 0 Å². The van der Waals surface area contributed by atoms with Crippen LogP contribution in [0.2, 0.25) is 0 Å². The molecule has 0 bridgehead atoms. The van der Waals surface area contributed by atoms with Crippen LogP contribution in [0.5, 0.6) is 0 Å². The van der Waals surface area contributed by atoms with E-state index in [9.17, 15) is 9.59 Å². The Morgan fingerprint density at radius 2 is 1.86 bits per heavy atom. The first kappa shape index (κ1) is 18.6. The fourth-order valence-corrected chi connectivity index (χ4v) is 4.12. The molecule has 1 aromatic heterocycles. The van der Waals surface area contributed by atoms with Crippen molar-refractivity contribution >= 4 is 11.8 Å². The van der Waals surface area contributed by atoms with Crippen LogP contribution in [-0.4, -0.2) is 70.3 Å². The first-order valence-corrected chi connectivity index (χ1v) is 9.90. The highest BCUT2D eigenvalue weighted by molar-refractivity contribution is 5.95. The lowest BCUT2D eigenvalue weighted by Gasteiger charge is -2.39. The summed E-state index contributed by atoms with van der Waals surface area (Å²) in [7, 11) is 0. The van der Waals surface area contributed by atoms with Gasteiger partial charge in [0.2, 0.25) is 5.91 Å². The summed E-state index contributed by atoms with van der Waals surface area (Å²) in [6, 6.07) is 11.8. The minimum atomic E-state index is -0.134. The van der Waals surface area contributed by atoms with Gasteiger partial charge in [0.05, 0.1) is 11.6 Å². The number of aromatic nitrogens is 1. The van der Waals surface area contributed by atoms with E-state index in [1.54, 1.807) is 12.4 Å². The van der Waals surface area contributed by atoms with Gasteiger partial charge in [0, 0.05) is 51.7 Å². The zero-order valence-electron chi connectivity index (χ0n) is 16.3. The SMILES string of the molecule is Cc1ccncc1C(=O)N1CCC2C(=O)N(Cc3ccccc3)CCN2CC1. The van der Waals surface area contributed by atoms with Crippen LogP contribution in [0.25, 0.3) is 0 Å². The molecule has 0 N–H and O–H groups in total. The lowest BCUT2D eigenvalue weighted by molar-refractivity contribution is -0.142. The Morgan fingerprint density at radius 1 is 1.07 bits per heavy atom. The van der Waals surface area contributed by atoms with Crippen molar-refractivity contribution < 1.29 is 9.59 Å². The number of pyridine rings is 1. The minimum absolute atomic E-state index is 0.0130. The monoisotopic (exact) mass is 378 g/mol. The molecule has 2 saturated heterocycles. The van der Waals surface area contributed by atoms with E-state index in [0.717, 1.165) is 30.8 Å². The molecule has 2 aromatic rings. The van der Waals surface area contributed by atoms with Crippen molar-refractivity contribution in [1.29, 1.82) is 0 Å². The largest absolute Gasteiger partial charge is 0.337 e. The molecule has 6 nitrogen and oxygen atoms in total. The van der Waals surface area contributed by atoms with Gasteiger partial charge in [0.1, 0.15) is 0 Å². The van der Waals surface area contributed by atoms with E-state index in [-0.39, 0.29) is 17.9 Å². The second kappa shape index (κ2) is 8.10. The second-order valence-corrected chi connectivity index (χ2v) is 7.57. The molecule has 2 fully saturated rings. The van der Waals surface area contributed by atoms with Gasteiger partial charge < -0.3 is 9.80 Å². The quantitative estimate of drug-likeness (QED) is 0.819. The molecular formula is C22H26N4O2. The molecule has 146 valence electrons. The highest BCUT2D eigenvalue weighted by Gasteiger charge is 2.37. The van der Waals surface area contributed by atoms with Gasteiger partial charge in [0.15, 0.2) is 0 Å². The number of nitrogens with zero attached hydrogens (tertiary/aromatic N) is 4. The molecule has 0 spiro atoms. The zero-order valence-corrected chi connectivity index (χ0v) is 16.3. The number of piperazine rings is 1. The highest BCUT2D eigenvalue weighted by atomic mass is 16.2.